The number of nitrogens with zero attached hydrogens (tertiary/aromatic N) is 4. The first-order valence-electron chi connectivity index (χ1n) is 5.94. The van der Waals surface area contributed by atoms with Gasteiger partial charge in [0.25, 0.3) is 0 Å². The largest absolute Gasteiger partial charge is 0.410 e. The van der Waals surface area contributed by atoms with Gasteiger partial charge in [-0.3, -0.25) is 0 Å². The number of benzene rings is 1. The zero-order chi connectivity index (χ0) is 12.7. The van der Waals surface area contributed by atoms with Crippen LogP contribution in [0.1, 0.15) is 20.8 Å². The van der Waals surface area contributed by atoms with Crippen LogP contribution < -0.4 is 6.15 Å². The Kier molecular flexibility index (Phi) is 7.66. The van der Waals surface area contributed by atoms with Gasteiger partial charge in [-0.25, -0.2) is 0 Å². The first-order chi connectivity index (χ1) is 8.22. The summed E-state index contributed by atoms with van der Waals surface area (Å²) in [6.07, 6.45) is 0. The van der Waals surface area contributed by atoms with Crippen molar-refractivity contribution in [2.75, 3.05) is 19.6 Å². The Bertz CT molecular complexity index is 433. The maximum absolute atomic E-state index is 8.95. The fourth-order valence-corrected chi connectivity index (χ4v) is 1.53. The molecule has 0 amide bonds. The highest BCUT2D eigenvalue weighted by Crippen LogP contribution is 2.06. The Morgan fingerprint density at radius 1 is 1.11 bits per heavy atom. The molecule has 1 heterocycles. The van der Waals surface area contributed by atoms with Crippen LogP contribution in [0.2, 0.25) is 0 Å². The average Bonchev–Trinajstić information content (AvgIpc) is 2.75. The van der Waals surface area contributed by atoms with Crippen molar-refractivity contribution in [2.45, 2.75) is 20.8 Å². The molecule has 1 aromatic heterocycles. The Morgan fingerprint density at radius 2 is 1.67 bits per heavy atom. The zero-order valence-electron chi connectivity index (χ0n) is 11.4. The molecule has 6 nitrogen and oxygen atoms in total. The van der Waals surface area contributed by atoms with Crippen molar-refractivity contribution in [2.24, 2.45) is 0 Å². The standard InChI is InChI=1S/C6H5N3O.C6H15N.H3N/c10-9-6-4-2-1-3-5(6)7-8-9;1-4-7(5-2)6-3;/h1-4,10H;4-6H2,1-3H3;1H3. The van der Waals surface area contributed by atoms with Gasteiger partial charge < -0.3 is 16.3 Å². The molecular weight excluding hydrogens is 230 g/mol. The van der Waals surface area contributed by atoms with Crippen LogP contribution in [-0.4, -0.2) is 44.9 Å². The van der Waals surface area contributed by atoms with Crippen molar-refractivity contribution >= 4 is 11.0 Å². The van der Waals surface area contributed by atoms with Crippen LogP contribution in [0.15, 0.2) is 24.3 Å². The van der Waals surface area contributed by atoms with E-state index in [1.54, 1.807) is 12.1 Å². The lowest BCUT2D eigenvalue weighted by Crippen LogP contribution is -2.21. The molecule has 102 valence electrons. The van der Waals surface area contributed by atoms with Gasteiger partial charge in [-0.05, 0) is 37.0 Å². The van der Waals surface area contributed by atoms with Gasteiger partial charge in [-0.1, -0.05) is 37.7 Å². The molecule has 18 heavy (non-hydrogen) atoms. The van der Waals surface area contributed by atoms with Crippen LogP contribution in [0.4, 0.5) is 0 Å². The highest BCUT2D eigenvalue weighted by Gasteiger charge is 1.98. The smallest absolute Gasteiger partial charge is 0.130 e. The molecule has 0 saturated heterocycles. The Hall–Kier alpha value is -1.66. The van der Waals surface area contributed by atoms with E-state index in [4.69, 9.17) is 5.21 Å². The van der Waals surface area contributed by atoms with E-state index in [0.29, 0.717) is 11.0 Å². The number of rotatable bonds is 3. The van der Waals surface area contributed by atoms with E-state index < -0.39 is 0 Å². The van der Waals surface area contributed by atoms with Crippen LogP contribution in [0.3, 0.4) is 0 Å². The Labute approximate surface area is 108 Å². The molecule has 0 bridgehead atoms. The molecule has 0 aliphatic heterocycles. The van der Waals surface area contributed by atoms with Crippen LogP contribution in [0, 0.1) is 0 Å². The third kappa shape index (κ3) is 4.31. The quantitative estimate of drug-likeness (QED) is 0.818. The molecule has 0 radical (unpaired) electrons. The molecule has 4 N–H and O–H groups in total. The van der Waals surface area contributed by atoms with E-state index in [-0.39, 0.29) is 6.15 Å². The van der Waals surface area contributed by atoms with Crippen LogP contribution in [-0.2, 0) is 0 Å². The molecular formula is C12H23N5O. The lowest BCUT2D eigenvalue weighted by atomic mass is 10.3. The topological polar surface area (TPSA) is 89.2 Å². The molecule has 0 fully saturated rings. The van der Waals surface area contributed by atoms with Gasteiger partial charge in [-0.2, -0.15) is 0 Å². The minimum absolute atomic E-state index is 0. The van der Waals surface area contributed by atoms with Gasteiger partial charge in [0, 0.05) is 0 Å². The normalized spacial score (nSPS) is 9.78. The van der Waals surface area contributed by atoms with E-state index >= 15 is 0 Å². The second kappa shape index (κ2) is 8.43. The lowest BCUT2D eigenvalue weighted by molar-refractivity contribution is 0.155. The summed E-state index contributed by atoms with van der Waals surface area (Å²) in [6.45, 7) is 10.1. The summed E-state index contributed by atoms with van der Waals surface area (Å²) in [4.78, 5) is 3.13. The third-order valence-corrected chi connectivity index (χ3v) is 2.68. The number of para-hydroxylation sites is 1. The van der Waals surface area contributed by atoms with Crippen molar-refractivity contribution in [1.29, 1.82) is 0 Å². The number of fused-ring (bicyclic) bond motifs is 1. The summed E-state index contributed by atoms with van der Waals surface area (Å²) >= 11 is 0. The van der Waals surface area contributed by atoms with Crippen LogP contribution in [0.25, 0.3) is 11.0 Å². The molecule has 0 saturated carbocycles. The first-order valence-corrected chi connectivity index (χ1v) is 5.94. The molecule has 6 heteroatoms. The molecule has 0 atom stereocenters. The van der Waals surface area contributed by atoms with E-state index in [9.17, 15) is 0 Å². The van der Waals surface area contributed by atoms with E-state index in [1.807, 2.05) is 12.1 Å². The van der Waals surface area contributed by atoms with Crippen LogP contribution >= 0.6 is 0 Å². The molecule has 0 aliphatic rings. The van der Waals surface area contributed by atoms with E-state index in [0.717, 1.165) is 4.85 Å². The summed E-state index contributed by atoms with van der Waals surface area (Å²) in [5.41, 5.74) is 1.33. The molecule has 2 rings (SSSR count). The number of hydrogen-bond donors (Lipinski definition) is 2. The van der Waals surface area contributed by atoms with Crippen molar-refractivity contribution < 1.29 is 5.21 Å². The minimum atomic E-state index is 0. The minimum Gasteiger partial charge on any atom is -0.410 e. The first kappa shape index (κ1) is 16.3. The third-order valence-electron chi connectivity index (χ3n) is 2.68. The monoisotopic (exact) mass is 253 g/mol. The van der Waals surface area contributed by atoms with Crippen molar-refractivity contribution in [3.63, 3.8) is 0 Å². The van der Waals surface area contributed by atoms with Crippen LogP contribution in [0.5, 0.6) is 0 Å². The fraction of sp³-hybridized carbons (Fsp3) is 0.500. The van der Waals surface area contributed by atoms with Gasteiger partial charge in [0.05, 0.1) is 0 Å². The zero-order valence-corrected chi connectivity index (χ0v) is 11.4. The Morgan fingerprint density at radius 3 is 2.11 bits per heavy atom. The number of hydrogen-bond acceptors (Lipinski definition) is 5. The second-order valence-corrected chi connectivity index (χ2v) is 3.59. The summed E-state index contributed by atoms with van der Waals surface area (Å²) in [5.74, 6) is 0. The van der Waals surface area contributed by atoms with Gasteiger partial charge in [-0.15, -0.1) is 5.10 Å². The molecule has 2 aromatic rings. The summed E-state index contributed by atoms with van der Waals surface area (Å²) < 4.78 is 0. The maximum atomic E-state index is 8.95. The van der Waals surface area contributed by atoms with Gasteiger partial charge in [0.2, 0.25) is 0 Å². The molecule has 0 aliphatic carbocycles. The van der Waals surface area contributed by atoms with Crippen molar-refractivity contribution in [3.05, 3.63) is 24.3 Å². The summed E-state index contributed by atoms with van der Waals surface area (Å²) in [5, 5.41) is 16.1. The highest BCUT2D eigenvalue weighted by molar-refractivity contribution is 5.73. The number of aromatic nitrogens is 3. The van der Waals surface area contributed by atoms with E-state index in [2.05, 4.69) is 36.0 Å². The Balaban J connectivity index is 0.000000326. The highest BCUT2D eigenvalue weighted by atomic mass is 16.5. The van der Waals surface area contributed by atoms with E-state index in [1.165, 1.54) is 19.6 Å². The molecule has 0 spiro atoms. The van der Waals surface area contributed by atoms with Gasteiger partial charge in [0.15, 0.2) is 0 Å². The van der Waals surface area contributed by atoms with Crippen molar-refractivity contribution in [3.8, 4) is 0 Å². The maximum Gasteiger partial charge on any atom is 0.130 e. The summed E-state index contributed by atoms with van der Waals surface area (Å²) in [7, 11) is 0. The second-order valence-electron chi connectivity index (χ2n) is 3.59. The summed E-state index contributed by atoms with van der Waals surface area (Å²) in [6, 6.07) is 7.19. The predicted octanol–water partition coefficient (Wildman–Crippen LogP) is 2.18. The molecule has 0 unspecified atom stereocenters. The SMILES string of the molecule is CCN(CC)CC.N.On1nnc2ccccc21. The van der Waals surface area contributed by atoms with Crippen molar-refractivity contribution in [1.82, 2.24) is 26.2 Å². The molecule has 1 aromatic carbocycles. The fourth-order valence-electron chi connectivity index (χ4n) is 1.53. The van der Waals surface area contributed by atoms with Gasteiger partial charge >= 0.3 is 0 Å². The van der Waals surface area contributed by atoms with Gasteiger partial charge in [0.1, 0.15) is 11.0 Å². The predicted molar refractivity (Wildman–Crippen MR) is 73.2 cm³/mol. The average molecular weight is 253 g/mol. The lowest BCUT2D eigenvalue weighted by Gasteiger charge is -2.13.